The Balaban J connectivity index is 2.04. The van der Waals surface area contributed by atoms with Crippen LogP contribution in [0.15, 0.2) is 48.5 Å². The summed E-state index contributed by atoms with van der Waals surface area (Å²) in [4.78, 5) is 14.0. The molecule has 0 spiro atoms. The number of benzene rings is 2. The Labute approximate surface area is 161 Å². The van der Waals surface area contributed by atoms with Crippen molar-refractivity contribution >= 4 is 17.5 Å². The van der Waals surface area contributed by atoms with E-state index in [0.29, 0.717) is 25.3 Å². The van der Waals surface area contributed by atoms with Crippen molar-refractivity contribution in [2.45, 2.75) is 32.9 Å². The van der Waals surface area contributed by atoms with Gasteiger partial charge in [0.05, 0.1) is 7.11 Å². The lowest BCUT2D eigenvalue weighted by atomic mass is 10.1. The second kappa shape index (κ2) is 9.16. The first-order chi connectivity index (χ1) is 12.8. The number of anilines is 2. The summed E-state index contributed by atoms with van der Waals surface area (Å²) >= 11 is 0. The molecule has 6 nitrogen and oxygen atoms in total. The van der Waals surface area contributed by atoms with Crippen LogP contribution >= 0.6 is 0 Å². The summed E-state index contributed by atoms with van der Waals surface area (Å²) < 4.78 is 10.5. The smallest absolute Gasteiger partial charge is 0.407 e. The van der Waals surface area contributed by atoms with Gasteiger partial charge in [0.25, 0.3) is 0 Å². The fourth-order valence-corrected chi connectivity index (χ4v) is 2.58. The fourth-order valence-electron chi connectivity index (χ4n) is 2.58. The van der Waals surface area contributed by atoms with E-state index in [4.69, 9.17) is 15.2 Å². The molecular formula is C21H29N3O3. The van der Waals surface area contributed by atoms with Crippen molar-refractivity contribution in [3.8, 4) is 5.75 Å². The van der Waals surface area contributed by atoms with Gasteiger partial charge in [-0.2, -0.15) is 0 Å². The SMILES string of the molecule is COc1ccc(CN(CCNC(=O)OC(C)(C)C)c2cccc(N)c2)cc1. The monoisotopic (exact) mass is 371 g/mol. The van der Waals surface area contributed by atoms with Crippen LogP contribution in [0.4, 0.5) is 16.2 Å². The number of methoxy groups -OCH3 is 1. The van der Waals surface area contributed by atoms with Crippen molar-refractivity contribution in [1.29, 1.82) is 0 Å². The second-order valence-corrected chi connectivity index (χ2v) is 7.29. The largest absolute Gasteiger partial charge is 0.497 e. The molecule has 1 amide bonds. The van der Waals surface area contributed by atoms with E-state index in [2.05, 4.69) is 10.2 Å². The van der Waals surface area contributed by atoms with Gasteiger partial charge in [0.1, 0.15) is 11.4 Å². The number of nitrogens with zero attached hydrogens (tertiary/aromatic N) is 1. The van der Waals surface area contributed by atoms with Crippen molar-refractivity contribution in [3.63, 3.8) is 0 Å². The summed E-state index contributed by atoms with van der Waals surface area (Å²) in [6.45, 7) is 7.29. The topological polar surface area (TPSA) is 76.8 Å². The molecule has 0 atom stereocenters. The van der Waals surface area contributed by atoms with E-state index in [9.17, 15) is 4.79 Å². The van der Waals surface area contributed by atoms with Crippen molar-refractivity contribution in [1.82, 2.24) is 5.32 Å². The Kier molecular flexibility index (Phi) is 6.93. The number of hydrogen-bond donors (Lipinski definition) is 2. The second-order valence-electron chi connectivity index (χ2n) is 7.29. The van der Waals surface area contributed by atoms with Crippen molar-refractivity contribution < 1.29 is 14.3 Å². The minimum absolute atomic E-state index is 0.417. The lowest BCUT2D eigenvalue weighted by molar-refractivity contribution is 0.0529. The van der Waals surface area contributed by atoms with E-state index in [-0.39, 0.29) is 0 Å². The van der Waals surface area contributed by atoms with Gasteiger partial charge in [0, 0.05) is 31.0 Å². The minimum atomic E-state index is -0.513. The molecule has 0 saturated carbocycles. The van der Waals surface area contributed by atoms with E-state index in [1.807, 2.05) is 69.3 Å². The molecule has 3 N–H and O–H groups in total. The van der Waals surface area contributed by atoms with Gasteiger partial charge in [-0.15, -0.1) is 0 Å². The molecule has 27 heavy (non-hydrogen) atoms. The Morgan fingerprint density at radius 1 is 1.15 bits per heavy atom. The van der Waals surface area contributed by atoms with Crippen LogP contribution in [0, 0.1) is 0 Å². The molecule has 0 bridgehead atoms. The van der Waals surface area contributed by atoms with Crippen molar-refractivity contribution in [2.24, 2.45) is 0 Å². The van der Waals surface area contributed by atoms with Crippen LogP contribution in [0.2, 0.25) is 0 Å². The van der Waals surface area contributed by atoms with Crippen LogP contribution in [-0.4, -0.2) is 31.9 Å². The molecule has 0 heterocycles. The van der Waals surface area contributed by atoms with Gasteiger partial charge in [0.2, 0.25) is 0 Å². The quantitative estimate of drug-likeness (QED) is 0.724. The molecule has 0 saturated heterocycles. The number of nitrogen functional groups attached to an aromatic ring is 1. The summed E-state index contributed by atoms with van der Waals surface area (Å²) in [5, 5.41) is 2.80. The molecule has 2 rings (SSSR count). The van der Waals surface area contributed by atoms with Crippen LogP contribution < -0.4 is 20.7 Å². The van der Waals surface area contributed by atoms with Gasteiger partial charge in [-0.25, -0.2) is 4.79 Å². The highest BCUT2D eigenvalue weighted by Gasteiger charge is 2.16. The molecule has 0 aromatic heterocycles. The Hall–Kier alpha value is -2.89. The molecule has 2 aromatic rings. The maximum Gasteiger partial charge on any atom is 0.407 e. The van der Waals surface area contributed by atoms with Gasteiger partial charge >= 0.3 is 6.09 Å². The first kappa shape index (κ1) is 20.4. The summed E-state index contributed by atoms with van der Waals surface area (Å²) in [6, 6.07) is 15.6. The summed E-state index contributed by atoms with van der Waals surface area (Å²) in [5.74, 6) is 0.820. The predicted octanol–water partition coefficient (Wildman–Crippen LogP) is 3.81. The number of nitrogens with two attached hydrogens (primary N) is 1. The number of alkyl carbamates (subject to hydrolysis) is 1. The maximum atomic E-state index is 11.9. The van der Waals surface area contributed by atoms with Gasteiger partial charge in [0.15, 0.2) is 0 Å². The first-order valence-electron chi connectivity index (χ1n) is 8.97. The van der Waals surface area contributed by atoms with E-state index in [1.54, 1.807) is 7.11 Å². The van der Waals surface area contributed by atoms with Gasteiger partial charge in [-0.3, -0.25) is 0 Å². The van der Waals surface area contributed by atoms with Gasteiger partial charge in [-0.1, -0.05) is 18.2 Å². The summed E-state index contributed by atoms with van der Waals surface area (Å²) in [5.41, 5.74) is 8.26. The Morgan fingerprint density at radius 3 is 2.44 bits per heavy atom. The van der Waals surface area contributed by atoms with E-state index in [1.165, 1.54) is 0 Å². The average molecular weight is 371 g/mol. The predicted molar refractivity (Wildman–Crippen MR) is 109 cm³/mol. The van der Waals surface area contributed by atoms with Gasteiger partial charge in [-0.05, 0) is 56.7 Å². The highest BCUT2D eigenvalue weighted by atomic mass is 16.6. The zero-order valence-corrected chi connectivity index (χ0v) is 16.5. The van der Waals surface area contributed by atoms with Crippen molar-refractivity contribution in [2.75, 3.05) is 30.8 Å². The minimum Gasteiger partial charge on any atom is -0.497 e. The molecule has 0 radical (unpaired) electrons. The average Bonchev–Trinajstić information content (AvgIpc) is 2.60. The highest BCUT2D eigenvalue weighted by molar-refractivity contribution is 5.67. The number of rotatable bonds is 7. The van der Waals surface area contributed by atoms with Crippen LogP contribution in [0.3, 0.4) is 0 Å². The highest BCUT2D eigenvalue weighted by Crippen LogP contribution is 2.21. The number of nitrogens with one attached hydrogen (secondary N) is 1. The molecule has 0 aliphatic heterocycles. The Morgan fingerprint density at radius 2 is 1.85 bits per heavy atom. The summed E-state index contributed by atoms with van der Waals surface area (Å²) in [6.07, 6.45) is -0.417. The fraction of sp³-hybridized carbons (Fsp3) is 0.381. The molecule has 0 aliphatic rings. The molecular weight excluding hydrogens is 342 g/mol. The number of hydrogen-bond acceptors (Lipinski definition) is 5. The third-order valence-corrected chi connectivity index (χ3v) is 3.82. The molecule has 146 valence electrons. The number of amides is 1. The lowest BCUT2D eigenvalue weighted by Crippen LogP contribution is -2.38. The zero-order valence-electron chi connectivity index (χ0n) is 16.5. The molecule has 6 heteroatoms. The zero-order chi connectivity index (χ0) is 19.9. The van der Waals surface area contributed by atoms with E-state index in [0.717, 1.165) is 17.0 Å². The van der Waals surface area contributed by atoms with E-state index < -0.39 is 11.7 Å². The number of carbonyl (C=O) groups excluding carboxylic acids is 1. The van der Waals surface area contributed by atoms with Gasteiger partial charge < -0.3 is 25.4 Å². The standard InChI is InChI=1S/C21H29N3O3/c1-21(2,3)27-20(25)23-12-13-24(18-7-5-6-17(22)14-18)15-16-8-10-19(26-4)11-9-16/h5-11,14H,12-13,15,22H2,1-4H3,(H,23,25). The third kappa shape index (κ3) is 7.09. The Bertz CT molecular complexity index is 739. The van der Waals surface area contributed by atoms with E-state index >= 15 is 0 Å². The van der Waals surface area contributed by atoms with Crippen molar-refractivity contribution in [3.05, 3.63) is 54.1 Å². The molecule has 0 aliphatic carbocycles. The molecule has 0 unspecified atom stereocenters. The molecule has 2 aromatic carbocycles. The lowest BCUT2D eigenvalue weighted by Gasteiger charge is -2.26. The molecule has 0 fully saturated rings. The first-order valence-corrected chi connectivity index (χ1v) is 8.97. The number of ether oxygens (including phenoxy) is 2. The number of carbonyl (C=O) groups is 1. The normalized spacial score (nSPS) is 11.0. The van der Waals surface area contributed by atoms with Crippen LogP contribution in [0.1, 0.15) is 26.3 Å². The van der Waals surface area contributed by atoms with Crippen LogP contribution in [0.5, 0.6) is 5.75 Å². The maximum absolute atomic E-state index is 11.9. The summed E-state index contributed by atoms with van der Waals surface area (Å²) in [7, 11) is 1.65. The van der Waals surface area contributed by atoms with Crippen LogP contribution in [0.25, 0.3) is 0 Å². The van der Waals surface area contributed by atoms with Crippen LogP contribution in [-0.2, 0) is 11.3 Å². The third-order valence-electron chi connectivity index (χ3n) is 3.82.